The molecule has 0 bridgehead atoms. The quantitative estimate of drug-likeness (QED) is 0.240. The molecule has 9 nitrogen and oxygen atoms in total. The van der Waals surface area contributed by atoms with Crippen LogP contribution >= 0.6 is 0 Å². The molecule has 1 heterocycles. The predicted octanol–water partition coefficient (Wildman–Crippen LogP) is 3.18. The number of hydrogen-bond donors (Lipinski definition) is 5. The number of nitrogens with one attached hydrogen (secondary N) is 3. The minimum Gasteiger partial charge on any atom is -0.394 e. The number of anilines is 1. The highest BCUT2D eigenvalue weighted by atomic mass is 16.3. The molecule has 1 aliphatic rings. The summed E-state index contributed by atoms with van der Waals surface area (Å²) in [6.45, 7) is 5.34. The first-order valence-corrected chi connectivity index (χ1v) is 14.3. The third-order valence-electron chi connectivity index (χ3n) is 7.53. The summed E-state index contributed by atoms with van der Waals surface area (Å²) in [5, 5.41) is 27.7. The van der Waals surface area contributed by atoms with E-state index in [0.717, 1.165) is 16.7 Å². The van der Waals surface area contributed by atoms with Gasteiger partial charge in [0.2, 0.25) is 5.91 Å². The maximum Gasteiger partial charge on any atom is 0.253 e. The number of amides is 3. The van der Waals surface area contributed by atoms with E-state index in [1.807, 2.05) is 93.6 Å². The second kappa shape index (κ2) is 13.7. The fourth-order valence-corrected chi connectivity index (χ4v) is 5.29. The standard InChI is InChI=1S/C33H40N4O5/c1-22-17-28(36-30(40)18-33(2,3)35-19-24(39)20-38)32(42)37(29-16-10-9-13-25(22)29)21-34-31(41)27-15-8-7-14-26(27)23-11-5-4-6-12-23/h4-16,22,24,28,35,38-39H,17-21H2,1-3H3,(H,34,41)(H,36,40)/t22?,24-,28?/m0/s1. The maximum atomic E-state index is 13.9. The van der Waals surface area contributed by atoms with Crippen LogP contribution in [0.1, 0.15) is 55.5 Å². The first-order chi connectivity index (χ1) is 20.1. The van der Waals surface area contributed by atoms with Crippen molar-refractivity contribution in [3.05, 3.63) is 90.0 Å². The number of β-amino-alcohol motifs (C(OH)–C–C–N with tert-alkyl or cyclic N) is 1. The molecule has 42 heavy (non-hydrogen) atoms. The second-order valence-electron chi connectivity index (χ2n) is 11.4. The molecule has 3 atom stereocenters. The lowest BCUT2D eigenvalue weighted by atomic mass is 9.93. The van der Waals surface area contributed by atoms with Gasteiger partial charge in [0.05, 0.1) is 19.4 Å². The van der Waals surface area contributed by atoms with Gasteiger partial charge < -0.3 is 26.2 Å². The molecule has 0 saturated heterocycles. The Balaban J connectivity index is 1.52. The fraction of sp³-hybridized carbons (Fsp3) is 0.364. The number of fused-ring (bicyclic) bond motifs is 1. The van der Waals surface area contributed by atoms with Crippen LogP contribution in [0, 0.1) is 0 Å². The SMILES string of the molecule is CC1CC(NC(=O)CC(C)(C)NC[C@H](O)CO)C(=O)N(CNC(=O)c2ccccc2-c2ccccc2)c2ccccc21. The average Bonchev–Trinajstić information content (AvgIpc) is 3.08. The van der Waals surface area contributed by atoms with Crippen LogP contribution in [0.2, 0.25) is 0 Å². The van der Waals surface area contributed by atoms with E-state index >= 15 is 0 Å². The third-order valence-corrected chi connectivity index (χ3v) is 7.53. The molecule has 3 amide bonds. The summed E-state index contributed by atoms with van der Waals surface area (Å²) in [6, 6.07) is 23.8. The van der Waals surface area contributed by atoms with E-state index in [1.165, 1.54) is 4.90 Å². The van der Waals surface area contributed by atoms with Crippen LogP contribution in [-0.2, 0) is 9.59 Å². The van der Waals surface area contributed by atoms with Gasteiger partial charge in [-0.25, -0.2) is 0 Å². The fourth-order valence-electron chi connectivity index (χ4n) is 5.29. The van der Waals surface area contributed by atoms with Gasteiger partial charge in [0, 0.05) is 29.8 Å². The van der Waals surface area contributed by atoms with Gasteiger partial charge in [-0.3, -0.25) is 19.3 Å². The Labute approximate surface area is 246 Å². The van der Waals surface area contributed by atoms with Crippen LogP contribution in [-0.4, -0.2) is 65.4 Å². The summed E-state index contributed by atoms with van der Waals surface area (Å²) in [4.78, 5) is 42.0. The zero-order valence-corrected chi connectivity index (χ0v) is 24.3. The molecule has 5 N–H and O–H groups in total. The van der Waals surface area contributed by atoms with Crippen molar-refractivity contribution < 1.29 is 24.6 Å². The number of benzene rings is 3. The van der Waals surface area contributed by atoms with Crippen LogP contribution in [0.4, 0.5) is 5.69 Å². The smallest absolute Gasteiger partial charge is 0.253 e. The van der Waals surface area contributed by atoms with E-state index in [1.54, 1.807) is 6.07 Å². The molecule has 0 saturated carbocycles. The molecule has 1 aliphatic heterocycles. The molecule has 3 aromatic carbocycles. The Kier molecular flexibility index (Phi) is 10.1. The number of rotatable bonds is 11. The molecule has 0 fully saturated rings. The highest BCUT2D eigenvalue weighted by Gasteiger charge is 2.35. The van der Waals surface area contributed by atoms with E-state index in [4.69, 9.17) is 5.11 Å². The summed E-state index contributed by atoms with van der Waals surface area (Å²) in [5.41, 5.74) is 3.19. The minimum atomic E-state index is -0.932. The van der Waals surface area contributed by atoms with Crippen molar-refractivity contribution in [3.8, 4) is 11.1 Å². The number of nitrogens with zero attached hydrogens (tertiary/aromatic N) is 1. The average molecular weight is 573 g/mol. The number of aliphatic hydroxyl groups excluding tert-OH is 2. The molecule has 0 aromatic heterocycles. The van der Waals surface area contributed by atoms with Gasteiger partial charge in [-0.1, -0.05) is 73.7 Å². The van der Waals surface area contributed by atoms with Crippen molar-refractivity contribution in [1.29, 1.82) is 0 Å². The zero-order valence-electron chi connectivity index (χ0n) is 24.3. The summed E-state index contributed by atoms with van der Waals surface area (Å²) in [6.07, 6.45) is -0.470. The Hall–Kier alpha value is -4.05. The van der Waals surface area contributed by atoms with E-state index in [-0.39, 0.29) is 49.9 Å². The first-order valence-electron chi connectivity index (χ1n) is 14.3. The van der Waals surface area contributed by atoms with Crippen LogP contribution in [0.25, 0.3) is 11.1 Å². The van der Waals surface area contributed by atoms with E-state index < -0.39 is 17.7 Å². The molecule has 0 radical (unpaired) electrons. The van der Waals surface area contributed by atoms with Crippen molar-refractivity contribution in [3.63, 3.8) is 0 Å². The molecule has 9 heteroatoms. The van der Waals surface area contributed by atoms with Crippen molar-refractivity contribution in [2.75, 3.05) is 24.7 Å². The Morgan fingerprint density at radius 1 is 1.00 bits per heavy atom. The van der Waals surface area contributed by atoms with Crippen LogP contribution < -0.4 is 20.9 Å². The topological polar surface area (TPSA) is 131 Å². The highest BCUT2D eigenvalue weighted by molar-refractivity contribution is 6.03. The molecule has 0 aliphatic carbocycles. The number of carbonyl (C=O) groups is 3. The first kappa shape index (κ1) is 30.9. The number of hydrogen-bond acceptors (Lipinski definition) is 6. The lowest BCUT2D eigenvalue weighted by molar-refractivity contribution is -0.128. The molecule has 3 aromatic rings. The molecular formula is C33H40N4O5. The zero-order chi connectivity index (χ0) is 30.3. The molecule has 0 spiro atoms. The summed E-state index contributed by atoms with van der Waals surface area (Å²) in [7, 11) is 0. The Morgan fingerprint density at radius 3 is 2.40 bits per heavy atom. The van der Waals surface area contributed by atoms with Gasteiger partial charge in [0.1, 0.15) is 6.04 Å². The van der Waals surface area contributed by atoms with E-state index in [0.29, 0.717) is 17.7 Å². The van der Waals surface area contributed by atoms with Crippen LogP contribution in [0.5, 0.6) is 0 Å². The van der Waals surface area contributed by atoms with Crippen molar-refractivity contribution >= 4 is 23.4 Å². The lowest BCUT2D eigenvalue weighted by Crippen LogP contribution is -2.53. The highest BCUT2D eigenvalue weighted by Crippen LogP contribution is 2.34. The van der Waals surface area contributed by atoms with Crippen molar-refractivity contribution in [2.45, 2.75) is 57.2 Å². The summed E-state index contributed by atoms with van der Waals surface area (Å²) in [5.74, 6) is -0.960. The van der Waals surface area contributed by atoms with Crippen molar-refractivity contribution in [1.82, 2.24) is 16.0 Å². The normalized spacial score (nSPS) is 17.6. The monoisotopic (exact) mass is 572 g/mol. The maximum absolute atomic E-state index is 13.9. The largest absolute Gasteiger partial charge is 0.394 e. The Bertz CT molecular complexity index is 1390. The minimum absolute atomic E-state index is 0.0270. The van der Waals surface area contributed by atoms with E-state index in [9.17, 15) is 19.5 Å². The van der Waals surface area contributed by atoms with Gasteiger partial charge in [-0.2, -0.15) is 0 Å². The number of aliphatic hydroxyl groups is 2. The predicted molar refractivity (Wildman–Crippen MR) is 163 cm³/mol. The van der Waals surface area contributed by atoms with Gasteiger partial charge in [-0.05, 0) is 55.0 Å². The Morgan fingerprint density at radius 2 is 1.67 bits per heavy atom. The van der Waals surface area contributed by atoms with Crippen molar-refractivity contribution in [2.24, 2.45) is 0 Å². The molecule has 222 valence electrons. The molecule has 2 unspecified atom stereocenters. The summed E-state index contributed by atoms with van der Waals surface area (Å²) >= 11 is 0. The van der Waals surface area contributed by atoms with Gasteiger partial charge in [-0.15, -0.1) is 0 Å². The van der Waals surface area contributed by atoms with Gasteiger partial charge in [0.15, 0.2) is 0 Å². The van der Waals surface area contributed by atoms with Crippen LogP contribution in [0.15, 0.2) is 78.9 Å². The number of carbonyl (C=O) groups excluding carboxylic acids is 3. The van der Waals surface area contributed by atoms with Gasteiger partial charge >= 0.3 is 0 Å². The van der Waals surface area contributed by atoms with E-state index in [2.05, 4.69) is 16.0 Å². The van der Waals surface area contributed by atoms with Gasteiger partial charge in [0.25, 0.3) is 11.8 Å². The summed E-state index contributed by atoms with van der Waals surface area (Å²) < 4.78 is 0. The van der Waals surface area contributed by atoms with Crippen LogP contribution in [0.3, 0.4) is 0 Å². The second-order valence-corrected chi connectivity index (χ2v) is 11.4. The number of para-hydroxylation sites is 1. The molecule has 4 rings (SSSR count). The lowest BCUT2D eigenvalue weighted by Gasteiger charge is -2.29. The third kappa shape index (κ3) is 7.61. The molecular weight excluding hydrogens is 532 g/mol.